The molecule has 0 aromatic carbocycles. The molecule has 2 aromatic rings. The van der Waals surface area contributed by atoms with Gasteiger partial charge in [-0.25, -0.2) is 4.68 Å². The summed E-state index contributed by atoms with van der Waals surface area (Å²) in [4.78, 5) is 11.9. The van der Waals surface area contributed by atoms with Gasteiger partial charge in [-0.05, 0) is 26.3 Å². The largest absolute Gasteiger partial charge is 0.469 e. The van der Waals surface area contributed by atoms with Crippen molar-refractivity contribution in [1.82, 2.24) is 14.9 Å². The number of ether oxygens (including phenoxy) is 1. The van der Waals surface area contributed by atoms with Gasteiger partial charge in [0, 0.05) is 0 Å². The van der Waals surface area contributed by atoms with E-state index in [4.69, 9.17) is 15.0 Å². The number of nitrogens with two attached hydrogens (primary N) is 1. The Hall–Kier alpha value is -1.96. The Bertz CT molecular complexity index is 638. The normalized spacial score (nSPS) is 12.3. The first kappa shape index (κ1) is 16.4. The number of hydrogen-bond acceptors (Lipinski definition) is 7. The van der Waals surface area contributed by atoms with Crippen molar-refractivity contribution >= 4 is 17.7 Å². The van der Waals surface area contributed by atoms with Gasteiger partial charge < -0.3 is 15.0 Å². The Labute approximate surface area is 133 Å². The van der Waals surface area contributed by atoms with Crippen LogP contribution >= 0.6 is 11.8 Å². The number of esters is 1. The van der Waals surface area contributed by atoms with Crippen LogP contribution in [0.2, 0.25) is 0 Å². The standard InChI is InChI=1S/C14H20N4O3S/c1-4-5-7-21-13(19)10(3)22-14-17-16-12(18(14)15)11-6-8-20-9(11)2/h6,8,10H,4-5,7,15H2,1-3H3. The van der Waals surface area contributed by atoms with E-state index in [1.165, 1.54) is 16.4 Å². The molecule has 2 N–H and O–H groups in total. The first-order valence-electron chi connectivity index (χ1n) is 7.12. The van der Waals surface area contributed by atoms with Gasteiger partial charge in [0.1, 0.15) is 11.0 Å². The van der Waals surface area contributed by atoms with Crippen LogP contribution in [-0.4, -0.2) is 32.7 Å². The number of aryl methyl sites for hydroxylation is 1. The van der Waals surface area contributed by atoms with Gasteiger partial charge in [0.15, 0.2) is 5.82 Å². The molecule has 0 bridgehead atoms. The summed E-state index contributed by atoms with van der Waals surface area (Å²) >= 11 is 1.22. The molecule has 0 spiro atoms. The van der Waals surface area contributed by atoms with Crippen molar-refractivity contribution in [2.45, 2.75) is 44.0 Å². The Kier molecular flexibility index (Phi) is 5.48. The van der Waals surface area contributed by atoms with E-state index in [1.54, 1.807) is 19.3 Å². The highest BCUT2D eigenvalue weighted by Gasteiger charge is 2.21. The zero-order valence-corrected chi connectivity index (χ0v) is 13.7. The summed E-state index contributed by atoms with van der Waals surface area (Å²) in [5, 5.41) is 8.15. The zero-order valence-electron chi connectivity index (χ0n) is 12.9. The van der Waals surface area contributed by atoms with Crippen molar-refractivity contribution in [2.24, 2.45) is 0 Å². The molecule has 1 unspecified atom stereocenters. The first-order chi connectivity index (χ1) is 10.5. The maximum Gasteiger partial charge on any atom is 0.319 e. The van der Waals surface area contributed by atoms with E-state index in [0.717, 1.165) is 18.4 Å². The molecule has 8 heteroatoms. The summed E-state index contributed by atoms with van der Waals surface area (Å²) < 4.78 is 11.8. The van der Waals surface area contributed by atoms with Crippen LogP contribution in [-0.2, 0) is 9.53 Å². The van der Waals surface area contributed by atoms with Crippen molar-refractivity contribution in [1.29, 1.82) is 0 Å². The molecule has 0 aliphatic heterocycles. The molecular formula is C14H20N4O3S. The Balaban J connectivity index is 2.03. The molecule has 120 valence electrons. The lowest BCUT2D eigenvalue weighted by atomic mass is 10.2. The maximum atomic E-state index is 11.9. The zero-order chi connectivity index (χ0) is 16.1. The molecule has 7 nitrogen and oxygen atoms in total. The van der Waals surface area contributed by atoms with E-state index in [2.05, 4.69) is 10.2 Å². The Morgan fingerprint density at radius 1 is 1.55 bits per heavy atom. The van der Waals surface area contributed by atoms with Crippen LogP contribution in [0.25, 0.3) is 11.4 Å². The minimum Gasteiger partial charge on any atom is -0.469 e. The summed E-state index contributed by atoms with van der Waals surface area (Å²) in [6.07, 6.45) is 3.42. The fraction of sp³-hybridized carbons (Fsp3) is 0.500. The van der Waals surface area contributed by atoms with Crippen LogP contribution < -0.4 is 5.84 Å². The van der Waals surface area contributed by atoms with Gasteiger partial charge in [0.05, 0.1) is 18.4 Å². The second-order valence-electron chi connectivity index (χ2n) is 4.85. The average Bonchev–Trinajstić information content (AvgIpc) is 3.06. The molecule has 0 radical (unpaired) electrons. The quantitative estimate of drug-likeness (QED) is 0.361. The average molecular weight is 324 g/mol. The number of hydrogen-bond donors (Lipinski definition) is 1. The lowest BCUT2D eigenvalue weighted by Crippen LogP contribution is -2.19. The van der Waals surface area contributed by atoms with Crippen molar-refractivity contribution in [3.63, 3.8) is 0 Å². The van der Waals surface area contributed by atoms with Gasteiger partial charge >= 0.3 is 5.97 Å². The van der Waals surface area contributed by atoms with Gasteiger partial charge in [0.25, 0.3) is 0 Å². The third-order valence-corrected chi connectivity index (χ3v) is 4.16. The lowest BCUT2D eigenvalue weighted by molar-refractivity contribution is -0.142. The molecular weight excluding hydrogens is 304 g/mol. The molecule has 1 atom stereocenters. The van der Waals surface area contributed by atoms with E-state index in [1.807, 2.05) is 13.8 Å². The van der Waals surface area contributed by atoms with E-state index in [0.29, 0.717) is 23.3 Å². The summed E-state index contributed by atoms with van der Waals surface area (Å²) in [6.45, 7) is 6.07. The molecule has 2 rings (SSSR count). The molecule has 0 aliphatic carbocycles. The van der Waals surface area contributed by atoms with E-state index in [-0.39, 0.29) is 5.97 Å². The predicted molar refractivity (Wildman–Crippen MR) is 83.8 cm³/mol. The summed E-state index contributed by atoms with van der Waals surface area (Å²) in [6, 6.07) is 1.78. The summed E-state index contributed by atoms with van der Waals surface area (Å²) in [5.74, 6) is 6.95. The molecule has 2 heterocycles. The second-order valence-corrected chi connectivity index (χ2v) is 6.16. The van der Waals surface area contributed by atoms with Crippen LogP contribution in [0.1, 0.15) is 32.4 Å². The maximum absolute atomic E-state index is 11.9. The number of thioether (sulfide) groups is 1. The van der Waals surface area contributed by atoms with Gasteiger partial charge in [-0.3, -0.25) is 4.79 Å². The van der Waals surface area contributed by atoms with Gasteiger partial charge in [-0.15, -0.1) is 10.2 Å². The number of nitrogens with zero attached hydrogens (tertiary/aromatic N) is 3. The fourth-order valence-electron chi connectivity index (χ4n) is 1.80. The third-order valence-electron chi connectivity index (χ3n) is 3.12. The van der Waals surface area contributed by atoms with Crippen molar-refractivity contribution < 1.29 is 13.9 Å². The summed E-state index contributed by atoms with van der Waals surface area (Å²) in [7, 11) is 0. The number of carbonyl (C=O) groups excluding carboxylic acids is 1. The lowest BCUT2D eigenvalue weighted by Gasteiger charge is -2.10. The number of carbonyl (C=O) groups is 1. The van der Waals surface area contributed by atoms with Crippen LogP contribution in [0.3, 0.4) is 0 Å². The van der Waals surface area contributed by atoms with E-state index >= 15 is 0 Å². The molecule has 0 saturated heterocycles. The fourth-order valence-corrected chi connectivity index (χ4v) is 2.57. The number of aromatic nitrogens is 3. The van der Waals surface area contributed by atoms with Gasteiger partial charge in [-0.1, -0.05) is 25.1 Å². The molecule has 0 aliphatic rings. The molecule has 0 amide bonds. The topological polar surface area (TPSA) is 96.2 Å². The van der Waals surface area contributed by atoms with Crippen LogP contribution in [0.4, 0.5) is 0 Å². The van der Waals surface area contributed by atoms with Crippen molar-refractivity contribution in [3.05, 3.63) is 18.1 Å². The minimum absolute atomic E-state index is 0.275. The Morgan fingerprint density at radius 3 is 2.95 bits per heavy atom. The SMILES string of the molecule is CCCCOC(=O)C(C)Sc1nnc(-c2ccoc2C)n1N. The predicted octanol–water partition coefficient (Wildman–Crippen LogP) is 2.38. The number of rotatable bonds is 7. The van der Waals surface area contributed by atoms with E-state index < -0.39 is 5.25 Å². The molecule has 0 fully saturated rings. The van der Waals surface area contributed by atoms with Gasteiger partial charge in [-0.2, -0.15) is 0 Å². The molecule has 2 aromatic heterocycles. The van der Waals surface area contributed by atoms with Crippen LogP contribution in [0.15, 0.2) is 21.9 Å². The highest BCUT2D eigenvalue weighted by Crippen LogP contribution is 2.27. The highest BCUT2D eigenvalue weighted by atomic mass is 32.2. The molecule has 0 saturated carbocycles. The number of furan rings is 1. The monoisotopic (exact) mass is 324 g/mol. The van der Waals surface area contributed by atoms with E-state index in [9.17, 15) is 4.79 Å². The van der Waals surface area contributed by atoms with Gasteiger partial charge in [0.2, 0.25) is 5.16 Å². The molecule has 22 heavy (non-hydrogen) atoms. The highest BCUT2D eigenvalue weighted by molar-refractivity contribution is 8.00. The van der Waals surface area contributed by atoms with Crippen LogP contribution in [0, 0.1) is 6.92 Å². The first-order valence-corrected chi connectivity index (χ1v) is 8.00. The van der Waals surface area contributed by atoms with Crippen molar-refractivity contribution in [2.75, 3.05) is 12.4 Å². The van der Waals surface area contributed by atoms with Crippen LogP contribution in [0.5, 0.6) is 0 Å². The summed E-state index contributed by atoms with van der Waals surface area (Å²) in [5.41, 5.74) is 0.778. The van der Waals surface area contributed by atoms with Crippen molar-refractivity contribution in [3.8, 4) is 11.4 Å². The number of nitrogen functional groups attached to an aromatic ring is 1. The number of unbranched alkanes of at least 4 members (excludes halogenated alkanes) is 1. The third kappa shape index (κ3) is 3.62. The minimum atomic E-state index is -0.401. The second kappa shape index (κ2) is 7.35. The Morgan fingerprint density at radius 2 is 2.32 bits per heavy atom. The smallest absolute Gasteiger partial charge is 0.319 e.